The van der Waals surface area contributed by atoms with Gasteiger partial charge in [-0.2, -0.15) is 5.26 Å². The normalized spacial score (nSPS) is 12.8. The van der Waals surface area contributed by atoms with Gasteiger partial charge in [0.2, 0.25) is 0 Å². The Balaban J connectivity index is 2.72. The first-order valence-electron chi connectivity index (χ1n) is 6.32. The largest absolute Gasteiger partial charge is 0.299 e. The van der Waals surface area contributed by atoms with Crippen molar-refractivity contribution < 1.29 is 4.39 Å². The highest BCUT2D eigenvalue weighted by Gasteiger charge is 2.12. The van der Waals surface area contributed by atoms with Crippen molar-refractivity contribution in [2.45, 2.75) is 39.8 Å². The molecule has 0 aliphatic heterocycles. The molecular formula is C15H21FN2. The Bertz CT molecular complexity index is 435. The monoisotopic (exact) mass is 248 g/mol. The van der Waals surface area contributed by atoms with Crippen LogP contribution < -0.4 is 0 Å². The van der Waals surface area contributed by atoms with Crippen LogP contribution in [0.4, 0.5) is 4.39 Å². The van der Waals surface area contributed by atoms with Crippen LogP contribution in [-0.4, -0.2) is 18.0 Å². The minimum atomic E-state index is -0.339. The number of benzene rings is 1. The highest BCUT2D eigenvalue weighted by molar-refractivity contribution is 5.33. The molecule has 0 saturated heterocycles. The summed E-state index contributed by atoms with van der Waals surface area (Å²) >= 11 is 0. The maximum atomic E-state index is 13.3. The van der Waals surface area contributed by atoms with Crippen LogP contribution in [0.1, 0.15) is 38.3 Å². The van der Waals surface area contributed by atoms with Crippen molar-refractivity contribution >= 4 is 0 Å². The Morgan fingerprint density at radius 2 is 1.94 bits per heavy atom. The second-order valence-corrected chi connectivity index (χ2v) is 5.35. The van der Waals surface area contributed by atoms with Crippen LogP contribution >= 0.6 is 0 Å². The molecule has 1 aromatic rings. The molecule has 0 N–H and O–H groups in total. The van der Waals surface area contributed by atoms with Gasteiger partial charge < -0.3 is 0 Å². The highest BCUT2D eigenvalue weighted by Crippen LogP contribution is 2.15. The molecule has 0 aromatic heterocycles. The Morgan fingerprint density at radius 3 is 2.50 bits per heavy atom. The molecule has 1 atom stereocenters. The summed E-state index contributed by atoms with van der Waals surface area (Å²) in [6.07, 6.45) is 1.11. The van der Waals surface area contributed by atoms with E-state index >= 15 is 0 Å². The van der Waals surface area contributed by atoms with Crippen molar-refractivity contribution in [3.63, 3.8) is 0 Å². The maximum Gasteiger partial charge on any atom is 0.124 e. The van der Waals surface area contributed by atoms with E-state index in [9.17, 15) is 4.39 Å². The first-order valence-corrected chi connectivity index (χ1v) is 6.32. The van der Waals surface area contributed by atoms with E-state index in [2.05, 4.69) is 25.7 Å². The highest BCUT2D eigenvalue weighted by atomic mass is 19.1. The predicted molar refractivity (Wildman–Crippen MR) is 71.5 cm³/mol. The molecule has 0 fully saturated rings. The fourth-order valence-corrected chi connectivity index (χ4v) is 2.11. The molecule has 1 unspecified atom stereocenters. The topological polar surface area (TPSA) is 27.0 Å². The van der Waals surface area contributed by atoms with Crippen LogP contribution in [0.2, 0.25) is 0 Å². The molecule has 18 heavy (non-hydrogen) atoms. The molecule has 0 saturated carbocycles. The number of nitriles is 1. The molecule has 1 aromatic carbocycles. The molecule has 0 heterocycles. The summed E-state index contributed by atoms with van der Waals surface area (Å²) < 4.78 is 13.3. The lowest BCUT2D eigenvalue weighted by molar-refractivity contribution is 0.220. The lowest BCUT2D eigenvalue weighted by Crippen LogP contribution is -2.29. The fraction of sp³-hybridized carbons (Fsp3) is 0.533. The molecule has 3 heteroatoms. The average Bonchev–Trinajstić information content (AvgIpc) is 2.27. The van der Waals surface area contributed by atoms with Crippen LogP contribution in [0.25, 0.3) is 0 Å². The molecule has 98 valence electrons. The maximum absolute atomic E-state index is 13.3. The van der Waals surface area contributed by atoms with Gasteiger partial charge >= 0.3 is 0 Å². The minimum Gasteiger partial charge on any atom is -0.299 e. The average molecular weight is 248 g/mol. The van der Waals surface area contributed by atoms with Crippen molar-refractivity contribution in [2.24, 2.45) is 5.92 Å². The first-order chi connectivity index (χ1) is 8.42. The van der Waals surface area contributed by atoms with E-state index in [1.54, 1.807) is 6.07 Å². The van der Waals surface area contributed by atoms with Gasteiger partial charge in [-0.05, 0) is 50.1 Å². The molecule has 2 nitrogen and oxygen atoms in total. The van der Waals surface area contributed by atoms with Crippen LogP contribution in [0.15, 0.2) is 18.2 Å². The van der Waals surface area contributed by atoms with Gasteiger partial charge in [-0.1, -0.05) is 13.8 Å². The van der Waals surface area contributed by atoms with Crippen molar-refractivity contribution in [1.29, 1.82) is 5.26 Å². The Hall–Kier alpha value is -1.40. The van der Waals surface area contributed by atoms with Gasteiger partial charge in [-0.25, -0.2) is 4.39 Å². The standard InChI is InChI=1S/C15H21FN2/c1-11(2)5-12(3)18(4)10-14-6-13(9-17)7-15(16)8-14/h6-8,11-12H,5,10H2,1-4H3. The van der Waals surface area contributed by atoms with Gasteiger partial charge in [0, 0.05) is 12.6 Å². The summed E-state index contributed by atoms with van der Waals surface area (Å²) in [6.45, 7) is 7.23. The van der Waals surface area contributed by atoms with Gasteiger partial charge in [-0.15, -0.1) is 0 Å². The SMILES string of the molecule is CC(C)CC(C)N(C)Cc1cc(F)cc(C#N)c1. The number of halogens is 1. The van der Waals surface area contributed by atoms with Crippen molar-refractivity contribution in [1.82, 2.24) is 4.90 Å². The zero-order valence-electron chi connectivity index (χ0n) is 11.6. The van der Waals surface area contributed by atoms with E-state index < -0.39 is 0 Å². The molecule has 0 aliphatic rings. The third-order valence-corrected chi connectivity index (χ3v) is 3.08. The van der Waals surface area contributed by atoms with Crippen LogP contribution in [0, 0.1) is 23.1 Å². The number of hydrogen-bond donors (Lipinski definition) is 0. The van der Waals surface area contributed by atoms with Crippen molar-refractivity contribution in [3.05, 3.63) is 35.1 Å². The van der Waals surface area contributed by atoms with E-state index in [4.69, 9.17) is 5.26 Å². The number of hydrogen-bond acceptors (Lipinski definition) is 2. The van der Waals surface area contributed by atoms with E-state index in [0.29, 0.717) is 24.1 Å². The quantitative estimate of drug-likeness (QED) is 0.796. The van der Waals surface area contributed by atoms with Crippen LogP contribution in [-0.2, 0) is 6.54 Å². The number of nitrogens with zero attached hydrogens (tertiary/aromatic N) is 2. The van der Waals surface area contributed by atoms with Gasteiger partial charge in [0.15, 0.2) is 0 Å². The lowest BCUT2D eigenvalue weighted by Gasteiger charge is -2.26. The van der Waals surface area contributed by atoms with Gasteiger partial charge in [-0.3, -0.25) is 4.90 Å². The Labute approximate surface area is 109 Å². The minimum absolute atomic E-state index is 0.339. The van der Waals surface area contributed by atoms with E-state index in [1.165, 1.54) is 12.1 Å². The third-order valence-electron chi connectivity index (χ3n) is 3.08. The summed E-state index contributed by atoms with van der Waals surface area (Å²) in [5, 5.41) is 8.82. The van der Waals surface area contributed by atoms with Gasteiger partial charge in [0.1, 0.15) is 5.82 Å². The fourth-order valence-electron chi connectivity index (χ4n) is 2.11. The first kappa shape index (κ1) is 14.7. The second kappa shape index (κ2) is 6.51. The van der Waals surface area contributed by atoms with E-state index in [1.807, 2.05) is 13.1 Å². The summed E-state index contributed by atoms with van der Waals surface area (Å²) in [5.74, 6) is 0.304. The second-order valence-electron chi connectivity index (χ2n) is 5.35. The van der Waals surface area contributed by atoms with E-state index in [-0.39, 0.29) is 5.82 Å². The zero-order valence-corrected chi connectivity index (χ0v) is 11.6. The lowest BCUT2D eigenvalue weighted by atomic mass is 10.0. The van der Waals surface area contributed by atoms with Gasteiger partial charge in [0.25, 0.3) is 0 Å². The van der Waals surface area contributed by atoms with Crippen molar-refractivity contribution in [3.8, 4) is 6.07 Å². The van der Waals surface area contributed by atoms with Gasteiger partial charge in [0.05, 0.1) is 11.6 Å². The molecule has 0 aliphatic carbocycles. The summed E-state index contributed by atoms with van der Waals surface area (Å²) in [5.41, 5.74) is 1.24. The van der Waals surface area contributed by atoms with Crippen LogP contribution in [0.3, 0.4) is 0 Å². The third kappa shape index (κ3) is 4.46. The summed E-state index contributed by atoms with van der Waals surface area (Å²) in [4.78, 5) is 2.19. The predicted octanol–water partition coefficient (Wildman–Crippen LogP) is 3.56. The van der Waals surface area contributed by atoms with Crippen LogP contribution in [0.5, 0.6) is 0 Å². The number of rotatable bonds is 5. The van der Waals surface area contributed by atoms with E-state index in [0.717, 1.165) is 12.0 Å². The molecule has 1 rings (SSSR count). The Kier molecular flexibility index (Phi) is 5.30. The molecule has 0 spiro atoms. The Morgan fingerprint density at radius 1 is 1.28 bits per heavy atom. The smallest absolute Gasteiger partial charge is 0.124 e. The van der Waals surface area contributed by atoms with Crippen molar-refractivity contribution in [2.75, 3.05) is 7.05 Å². The summed E-state index contributed by atoms with van der Waals surface area (Å²) in [6, 6.07) is 6.94. The molecule has 0 radical (unpaired) electrons. The molecule has 0 bridgehead atoms. The zero-order chi connectivity index (χ0) is 13.7. The molecule has 0 amide bonds. The molecular weight excluding hydrogens is 227 g/mol. The summed E-state index contributed by atoms with van der Waals surface area (Å²) in [7, 11) is 2.03.